The molecule has 2 aliphatic rings. The molecule has 0 radical (unpaired) electrons. The van der Waals surface area contributed by atoms with E-state index in [9.17, 15) is 4.79 Å². The Morgan fingerprint density at radius 2 is 1.93 bits per heavy atom. The van der Waals surface area contributed by atoms with Gasteiger partial charge in [0.2, 0.25) is 5.91 Å². The lowest BCUT2D eigenvalue weighted by atomic mass is 9.86. The molecule has 1 atom stereocenters. The topological polar surface area (TPSA) is 62.2 Å². The molecular weight excluding hydrogens is 362 g/mol. The average molecular weight is 394 g/mol. The first-order valence-electron chi connectivity index (χ1n) is 10.9. The maximum absolute atomic E-state index is 13.1. The molecule has 0 spiro atoms. The summed E-state index contributed by atoms with van der Waals surface area (Å²) in [7, 11) is 4.00. The van der Waals surface area contributed by atoms with Gasteiger partial charge in [-0.15, -0.1) is 0 Å². The van der Waals surface area contributed by atoms with E-state index >= 15 is 0 Å². The van der Waals surface area contributed by atoms with E-state index in [-0.39, 0.29) is 11.8 Å². The number of piperidine rings is 1. The van der Waals surface area contributed by atoms with E-state index in [1.165, 1.54) is 19.3 Å². The number of amides is 1. The fraction of sp³-hybridized carbons (Fsp3) is 0.565. The van der Waals surface area contributed by atoms with Gasteiger partial charge in [0.15, 0.2) is 5.82 Å². The number of anilines is 1. The molecule has 154 valence electrons. The normalized spacial score (nSPS) is 20.5. The molecule has 6 heteroatoms. The number of aromatic nitrogens is 3. The van der Waals surface area contributed by atoms with Crippen molar-refractivity contribution in [1.29, 1.82) is 0 Å². The lowest BCUT2D eigenvalue weighted by molar-refractivity contribution is -0.137. The summed E-state index contributed by atoms with van der Waals surface area (Å²) < 4.78 is 0. The molecular formula is C23H31N5O. The molecule has 2 aromatic rings. The summed E-state index contributed by atoms with van der Waals surface area (Å²) in [5, 5.41) is 0. The molecule has 1 saturated carbocycles. The SMILES string of the molecule is CN(C)c1cc([C@@H]2CCCN(C(=O)C3CCCCC3)C2)nc(-c2cccnc2)n1. The predicted octanol–water partition coefficient (Wildman–Crippen LogP) is 3.89. The Morgan fingerprint density at radius 3 is 2.66 bits per heavy atom. The number of hydrogen-bond donors (Lipinski definition) is 0. The maximum Gasteiger partial charge on any atom is 0.225 e. The molecule has 1 saturated heterocycles. The zero-order chi connectivity index (χ0) is 20.2. The van der Waals surface area contributed by atoms with Crippen molar-refractivity contribution in [1.82, 2.24) is 19.9 Å². The van der Waals surface area contributed by atoms with Crippen LogP contribution >= 0.6 is 0 Å². The zero-order valence-electron chi connectivity index (χ0n) is 17.5. The summed E-state index contributed by atoms with van der Waals surface area (Å²) in [6.45, 7) is 1.65. The lowest BCUT2D eigenvalue weighted by Crippen LogP contribution is -2.43. The van der Waals surface area contributed by atoms with Crippen molar-refractivity contribution in [3.05, 3.63) is 36.3 Å². The van der Waals surface area contributed by atoms with Crippen molar-refractivity contribution in [3.8, 4) is 11.4 Å². The Labute approximate surface area is 173 Å². The molecule has 0 bridgehead atoms. The van der Waals surface area contributed by atoms with Gasteiger partial charge in [-0.25, -0.2) is 9.97 Å². The third kappa shape index (κ3) is 4.57. The largest absolute Gasteiger partial charge is 0.363 e. The number of carbonyl (C=O) groups is 1. The summed E-state index contributed by atoms with van der Waals surface area (Å²) in [6.07, 6.45) is 11.4. The highest BCUT2D eigenvalue weighted by atomic mass is 16.2. The molecule has 1 aliphatic carbocycles. The molecule has 3 heterocycles. The Morgan fingerprint density at radius 1 is 1.10 bits per heavy atom. The number of likely N-dealkylation sites (tertiary alicyclic amines) is 1. The van der Waals surface area contributed by atoms with Crippen molar-refractivity contribution in [3.63, 3.8) is 0 Å². The third-order valence-electron chi connectivity index (χ3n) is 6.22. The van der Waals surface area contributed by atoms with Crippen LogP contribution in [0.5, 0.6) is 0 Å². The molecule has 29 heavy (non-hydrogen) atoms. The van der Waals surface area contributed by atoms with Crippen molar-refractivity contribution in [2.45, 2.75) is 50.9 Å². The van der Waals surface area contributed by atoms with Crippen LogP contribution in [0.15, 0.2) is 30.6 Å². The summed E-state index contributed by atoms with van der Waals surface area (Å²) in [5.74, 6) is 2.45. The lowest BCUT2D eigenvalue weighted by Gasteiger charge is -2.36. The highest BCUT2D eigenvalue weighted by Crippen LogP contribution is 2.32. The first-order chi connectivity index (χ1) is 14.1. The Bertz CT molecular complexity index is 832. The number of rotatable bonds is 4. The van der Waals surface area contributed by atoms with Crippen LogP contribution in [0, 0.1) is 5.92 Å². The van der Waals surface area contributed by atoms with Crippen LogP contribution in [0.1, 0.15) is 56.6 Å². The number of nitrogens with zero attached hydrogens (tertiary/aromatic N) is 5. The van der Waals surface area contributed by atoms with E-state index < -0.39 is 0 Å². The van der Waals surface area contributed by atoms with Crippen LogP contribution in [0.2, 0.25) is 0 Å². The van der Waals surface area contributed by atoms with E-state index in [0.717, 1.165) is 55.8 Å². The first kappa shape index (κ1) is 19.8. The van der Waals surface area contributed by atoms with Crippen molar-refractivity contribution in [2.75, 3.05) is 32.1 Å². The predicted molar refractivity (Wildman–Crippen MR) is 115 cm³/mol. The fourth-order valence-corrected chi connectivity index (χ4v) is 4.54. The van der Waals surface area contributed by atoms with Gasteiger partial charge in [0.1, 0.15) is 5.82 Å². The standard InChI is InChI=1S/C23H31N5O/c1-27(2)21-14-20(25-22(26-21)18-10-6-12-24-15-18)19-11-7-13-28(16-19)23(29)17-8-4-3-5-9-17/h6,10,12,14-15,17,19H,3-5,7-9,11,13,16H2,1-2H3/t19-/m1/s1. The van der Waals surface area contributed by atoms with Crippen molar-refractivity contribution >= 4 is 11.7 Å². The highest BCUT2D eigenvalue weighted by Gasteiger charge is 2.31. The van der Waals surface area contributed by atoms with Crippen LogP contribution in [-0.4, -0.2) is 52.9 Å². The minimum atomic E-state index is 0.233. The molecule has 1 amide bonds. The summed E-state index contributed by atoms with van der Waals surface area (Å²) in [6, 6.07) is 5.98. The van der Waals surface area contributed by atoms with E-state index in [4.69, 9.17) is 9.97 Å². The van der Waals surface area contributed by atoms with Gasteiger partial charge in [0.25, 0.3) is 0 Å². The molecule has 2 aromatic heterocycles. The van der Waals surface area contributed by atoms with Crippen LogP contribution < -0.4 is 4.90 Å². The number of pyridine rings is 1. The second kappa shape index (κ2) is 8.89. The van der Waals surface area contributed by atoms with Crippen LogP contribution in [-0.2, 0) is 4.79 Å². The Kier molecular flexibility index (Phi) is 6.07. The fourth-order valence-electron chi connectivity index (χ4n) is 4.54. The van der Waals surface area contributed by atoms with Crippen LogP contribution in [0.4, 0.5) is 5.82 Å². The van der Waals surface area contributed by atoms with Gasteiger partial charge >= 0.3 is 0 Å². The van der Waals surface area contributed by atoms with Crippen LogP contribution in [0.25, 0.3) is 11.4 Å². The molecule has 2 fully saturated rings. The smallest absolute Gasteiger partial charge is 0.225 e. The van der Waals surface area contributed by atoms with Gasteiger partial charge in [-0.05, 0) is 37.8 Å². The number of hydrogen-bond acceptors (Lipinski definition) is 5. The summed E-state index contributed by atoms with van der Waals surface area (Å²) >= 11 is 0. The van der Waals surface area contributed by atoms with E-state index in [2.05, 4.69) is 16.0 Å². The molecule has 0 N–H and O–H groups in total. The number of carbonyl (C=O) groups excluding carboxylic acids is 1. The van der Waals surface area contributed by atoms with Gasteiger partial charge in [-0.1, -0.05) is 19.3 Å². The summed E-state index contributed by atoms with van der Waals surface area (Å²) in [5.41, 5.74) is 1.95. The summed E-state index contributed by atoms with van der Waals surface area (Å²) in [4.78, 5) is 31.0. The quantitative estimate of drug-likeness (QED) is 0.789. The van der Waals surface area contributed by atoms with Crippen molar-refractivity contribution in [2.24, 2.45) is 5.92 Å². The molecule has 4 rings (SSSR count). The zero-order valence-corrected chi connectivity index (χ0v) is 17.5. The van der Waals surface area contributed by atoms with Gasteiger partial charge in [0, 0.05) is 63.0 Å². The van der Waals surface area contributed by atoms with E-state index in [1.807, 2.05) is 31.1 Å². The van der Waals surface area contributed by atoms with Gasteiger partial charge in [0.05, 0.1) is 5.69 Å². The van der Waals surface area contributed by atoms with E-state index in [1.54, 1.807) is 12.4 Å². The maximum atomic E-state index is 13.1. The Balaban J connectivity index is 1.58. The van der Waals surface area contributed by atoms with E-state index in [0.29, 0.717) is 11.7 Å². The van der Waals surface area contributed by atoms with Crippen LogP contribution in [0.3, 0.4) is 0 Å². The monoisotopic (exact) mass is 393 g/mol. The molecule has 1 aliphatic heterocycles. The van der Waals surface area contributed by atoms with Crippen molar-refractivity contribution < 1.29 is 4.79 Å². The minimum absolute atomic E-state index is 0.233. The second-order valence-electron chi connectivity index (χ2n) is 8.57. The molecule has 0 aromatic carbocycles. The third-order valence-corrected chi connectivity index (χ3v) is 6.22. The average Bonchev–Trinajstić information content (AvgIpc) is 2.79. The molecule has 6 nitrogen and oxygen atoms in total. The second-order valence-corrected chi connectivity index (χ2v) is 8.57. The molecule has 0 unspecified atom stereocenters. The highest BCUT2D eigenvalue weighted by molar-refractivity contribution is 5.79. The first-order valence-corrected chi connectivity index (χ1v) is 10.9. The van der Waals surface area contributed by atoms with Gasteiger partial charge in [-0.3, -0.25) is 9.78 Å². The minimum Gasteiger partial charge on any atom is -0.363 e. The van der Waals surface area contributed by atoms with Gasteiger partial charge in [-0.2, -0.15) is 0 Å². The Hall–Kier alpha value is -2.50. The van der Waals surface area contributed by atoms with Gasteiger partial charge < -0.3 is 9.80 Å².